The summed E-state index contributed by atoms with van der Waals surface area (Å²) in [5.41, 5.74) is 2.81. The maximum atomic E-state index is 14.1. The zero-order valence-electron chi connectivity index (χ0n) is 14.6. The molecule has 1 aliphatic heterocycles. The average Bonchev–Trinajstić information content (AvgIpc) is 3.13. The number of anilines is 1. The first-order valence-corrected chi connectivity index (χ1v) is 8.72. The lowest BCUT2D eigenvalue weighted by molar-refractivity contribution is 0.351. The van der Waals surface area contributed by atoms with Crippen LogP contribution in [0.3, 0.4) is 0 Å². The molecule has 0 spiro atoms. The Hall–Kier alpha value is -3.01. The summed E-state index contributed by atoms with van der Waals surface area (Å²) in [5.74, 6) is 0.0965. The van der Waals surface area contributed by atoms with Crippen LogP contribution in [0.25, 0.3) is 10.9 Å². The average molecular weight is 350 g/mol. The lowest BCUT2D eigenvalue weighted by Gasteiger charge is -2.35. The monoisotopic (exact) mass is 350 g/mol. The van der Waals surface area contributed by atoms with Crippen molar-refractivity contribution in [2.75, 3.05) is 18.0 Å². The van der Waals surface area contributed by atoms with E-state index in [2.05, 4.69) is 26.0 Å². The van der Waals surface area contributed by atoms with E-state index < -0.39 is 0 Å². The number of pyridine rings is 1. The molecule has 0 saturated carbocycles. The lowest BCUT2D eigenvalue weighted by atomic mass is 9.96. The lowest BCUT2D eigenvalue weighted by Crippen LogP contribution is -2.37. The van der Waals surface area contributed by atoms with Gasteiger partial charge in [0.05, 0.1) is 16.8 Å². The molecule has 4 rings (SSSR count). The number of aromatic nitrogens is 4. The van der Waals surface area contributed by atoms with Gasteiger partial charge in [-0.15, -0.1) is 0 Å². The molecule has 3 aromatic rings. The number of halogens is 1. The molecule has 7 heteroatoms. The van der Waals surface area contributed by atoms with Crippen molar-refractivity contribution in [1.82, 2.24) is 19.7 Å². The Labute approximate surface area is 150 Å². The molecule has 0 bridgehead atoms. The van der Waals surface area contributed by atoms with E-state index in [9.17, 15) is 9.65 Å². The van der Waals surface area contributed by atoms with Gasteiger partial charge in [-0.25, -0.2) is 9.37 Å². The molecular weight excluding hydrogens is 331 g/mol. The minimum absolute atomic E-state index is 0.302. The van der Waals surface area contributed by atoms with E-state index in [1.54, 1.807) is 12.5 Å². The third kappa shape index (κ3) is 2.99. The predicted octanol–water partition coefficient (Wildman–Crippen LogP) is 3.06. The van der Waals surface area contributed by atoms with Gasteiger partial charge in [0, 0.05) is 31.2 Å². The zero-order chi connectivity index (χ0) is 18.1. The third-order valence-corrected chi connectivity index (χ3v) is 4.97. The number of fused-ring (bicyclic) bond motifs is 1. The minimum atomic E-state index is -0.302. The molecule has 0 aliphatic carbocycles. The molecule has 2 aromatic heterocycles. The molecule has 0 N–H and O–H groups in total. The van der Waals surface area contributed by atoms with E-state index in [0.717, 1.165) is 49.2 Å². The van der Waals surface area contributed by atoms with Crippen LogP contribution in [0.5, 0.6) is 0 Å². The topological polar surface area (TPSA) is 70.6 Å². The quantitative estimate of drug-likeness (QED) is 0.726. The molecule has 1 unspecified atom stereocenters. The number of aryl methyl sites for hydroxylation is 1. The molecule has 0 radical (unpaired) electrons. The zero-order valence-corrected chi connectivity index (χ0v) is 14.6. The highest BCUT2D eigenvalue weighted by Gasteiger charge is 2.25. The number of benzene rings is 1. The van der Waals surface area contributed by atoms with Gasteiger partial charge < -0.3 is 4.90 Å². The fourth-order valence-electron chi connectivity index (χ4n) is 3.85. The van der Waals surface area contributed by atoms with E-state index in [-0.39, 0.29) is 5.82 Å². The summed E-state index contributed by atoms with van der Waals surface area (Å²) in [4.78, 5) is 10.6. The first kappa shape index (κ1) is 16.5. The summed E-state index contributed by atoms with van der Waals surface area (Å²) in [6.45, 7) is 4.27. The van der Waals surface area contributed by atoms with Gasteiger partial charge >= 0.3 is 0 Å². The standard InChI is InChI=1S/C19H19FN6/c1-13-5-16(20)6-17-18(13)23-8-15(7-21)19(17)25-4-2-3-14(9-25)10-26-12-22-11-24-26/h5-6,8,11-12,14H,2-4,9-10H2,1H3. The molecule has 1 saturated heterocycles. The van der Waals surface area contributed by atoms with Crippen molar-refractivity contribution < 1.29 is 4.39 Å². The van der Waals surface area contributed by atoms with Crippen molar-refractivity contribution >= 4 is 16.6 Å². The van der Waals surface area contributed by atoms with Crippen molar-refractivity contribution in [2.45, 2.75) is 26.3 Å². The second-order valence-corrected chi connectivity index (χ2v) is 6.82. The molecular formula is C19H19FN6. The highest BCUT2D eigenvalue weighted by atomic mass is 19.1. The third-order valence-electron chi connectivity index (χ3n) is 4.97. The van der Waals surface area contributed by atoms with Crippen LogP contribution < -0.4 is 4.90 Å². The van der Waals surface area contributed by atoms with Gasteiger partial charge in [0.25, 0.3) is 0 Å². The van der Waals surface area contributed by atoms with Gasteiger partial charge in [0.15, 0.2) is 0 Å². The normalized spacial score (nSPS) is 17.4. The Morgan fingerprint density at radius 3 is 3.04 bits per heavy atom. The second-order valence-electron chi connectivity index (χ2n) is 6.82. The number of nitriles is 1. The maximum Gasteiger partial charge on any atom is 0.137 e. The molecule has 1 fully saturated rings. The van der Waals surface area contributed by atoms with Crippen LogP contribution in [0, 0.1) is 30.0 Å². The molecule has 26 heavy (non-hydrogen) atoms. The van der Waals surface area contributed by atoms with Crippen molar-refractivity contribution in [3.63, 3.8) is 0 Å². The summed E-state index contributed by atoms with van der Waals surface area (Å²) in [5, 5.41) is 14.5. The molecule has 132 valence electrons. The van der Waals surface area contributed by atoms with Crippen molar-refractivity contribution in [3.8, 4) is 6.07 Å². The molecule has 6 nitrogen and oxygen atoms in total. The number of rotatable bonds is 3. The van der Waals surface area contributed by atoms with Gasteiger partial charge in [0.2, 0.25) is 0 Å². The maximum absolute atomic E-state index is 14.1. The first-order chi connectivity index (χ1) is 12.7. The Balaban J connectivity index is 1.74. The Kier molecular flexibility index (Phi) is 4.25. The van der Waals surface area contributed by atoms with Crippen molar-refractivity contribution in [3.05, 3.63) is 47.9 Å². The number of piperidine rings is 1. The van der Waals surface area contributed by atoms with E-state index in [1.807, 2.05) is 11.6 Å². The summed E-state index contributed by atoms with van der Waals surface area (Å²) in [7, 11) is 0. The predicted molar refractivity (Wildman–Crippen MR) is 96.1 cm³/mol. The summed E-state index contributed by atoms with van der Waals surface area (Å²) in [6.07, 6.45) is 6.97. The minimum Gasteiger partial charge on any atom is -0.370 e. The van der Waals surface area contributed by atoms with Crippen LogP contribution in [-0.4, -0.2) is 32.8 Å². The molecule has 0 amide bonds. The van der Waals surface area contributed by atoms with Crippen LogP contribution in [0.15, 0.2) is 31.0 Å². The van der Waals surface area contributed by atoms with Crippen LogP contribution in [-0.2, 0) is 6.54 Å². The van der Waals surface area contributed by atoms with Gasteiger partial charge in [0.1, 0.15) is 24.5 Å². The number of nitrogens with zero attached hydrogens (tertiary/aromatic N) is 6. The van der Waals surface area contributed by atoms with Crippen molar-refractivity contribution in [2.24, 2.45) is 5.92 Å². The Morgan fingerprint density at radius 2 is 2.27 bits per heavy atom. The van der Waals surface area contributed by atoms with Crippen LogP contribution in [0.2, 0.25) is 0 Å². The van der Waals surface area contributed by atoms with Gasteiger partial charge in [-0.2, -0.15) is 10.4 Å². The van der Waals surface area contributed by atoms with Gasteiger partial charge in [-0.1, -0.05) is 0 Å². The van der Waals surface area contributed by atoms with E-state index in [1.165, 1.54) is 18.5 Å². The van der Waals surface area contributed by atoms with Crippen LogP contribution in [0.1, 0.15) is 24.0 Å². The Bertz CT molecular complexity index is 976. The van der Waals surface area contributed by atoms with Crippen molar-refractivity contribution in [1.29, 1.82) is 5.26 Å². The summed E-state index contributed by atoms with van der Waals surface area (Å²) < 4.78 is 15.9. The van der Waals surface area contributed by atoms with E-state index >= 15 is 0 Å². The SMILES string of the molecule is Cc1cc(F)cc2c(N3CCCC(Cn4cncn4)C3)c(C#N)cnc12. The summed E-state index contributed by atoms with van der Waals surface area (Å²) in [6, 6.07) is 5.20. The highest BCUT2D eigenvalue weighted by molar-refractivity contribution is 5.96. The fourth-order valence-corrected chi connectivity index (χ4v) is 3.85. The van der Waals surface area contributed by atoms with Crippen LogP contribution in [0.4, 0.5) is 10.1 Å². The number of hydrogen-bond donors (Lipinski definition) is 0. The molecule has 3 heterocycles. The van der Waals surface area contributed by atoms with Gasteiger partial charge in [-0.3, -0.25) is 9.67 Å². The van der Waals surface area contributed by atoms with Crippen LogP contribution >= 0.6 is 0 Å². The number of hydrogen-bond acceptors (Lipinski definition) is 5. The van der Waals surface area contributed by atoms with E-state index in [4.69, 9.17) is 0 Å². The van der Waals surface area contributed by atoms with Gasteiger partial charge in [-0.05, 0) is 43.4 Å². The molecule has 1 atom stereocenters. The summed E-state index contributed by atoms with van der Waals surface area (Å²) >= 11 is 0. The smallest absolute Gasteiger partial charge is 0.137 e. The first-order valence-electron chi connectivity index (χ1n) is 8.72. The largest absolute Gasteiger partial charge is 0.370 e. The molecule has 1 aromatic carbocycles. The van der Waals surface area contributed by atoms with E-state index in [0.29, 0.717) is 16.9 Å². The molecule has 1 aliphatic rings. The fraction of sp³-hybridized carbons (Fsp3) is 0.368. The highest BCUT2D eigenvalue weighted by Crippen LogP contribution is 2.34. The second kappa shape index (κ2) is 6.71. The Morgan fingerprint density at radius 1 is 1.38 bits per heavy atom.